The number of phosphoric acid groups is 1. The van der Waals surface area contributed by atoms with Crippen molar-refractivity contribution < 1.29 is 68.2 Å². The van der Waals surface area contributed by atoms with Gasteiger partial charge in [0.2, 0.25) is 0 Å². The third-order valence-electron chi connectivity index (χ3n) is 10.9. The number of esters is 2. The van der Waals surface area contributed by atoms with Gasteiger partial charge in [-0.05, 0) is 70.6 Å². The predicted molar refractivity (Wildman–Crippen MR) is 250 cm³/mol. The summed E-state index contributed by atoms with van der Waals surface area (Å²) in [6.07, 6.45) is 30.1. The maximum Gasteiger partial charge on any atom is 0.472 e. The molecule has 3 unspecified atom stereocenters. The molecule has 370 valence electrons. The number of carbonyl (C=O) groups excluding carboxylic acids is 2. The van der Waals surface area contributed by atoms with Crippen molar-refractivity contribution in [3.8, 4) is 0 Å². The zero-order valence-corrected chi connectivity index (χ0v) is 39.8. The highest BCUT2D eigenvalue weighted by Crippen LogP contribution is 2.47. The van der Waals surface area contributed by atoms with E-state index >= 15 is 0 Å². The van der Waals surface area contributed by atoms with Gasteiger partial charge in [-0.15, -0.1) is 0 Å². The van der Waals surface area contributed by atoms with E-state index in [0.717, 1.165) is 38.5 Å². The van der Waals surface area contributed by atoms with Gasteiger partial charge in [0.15, 0.2) is 6.10 Å². The van der Waals surface area contributed by atoms with Crippen molar-refractivity contribution in [1.82, 2.24) is 0 Å². The van der Waals surface area contributed by atoms with Gasteiger partial charge in [-0.2, -0.15) is 0 Å². The number of unbranched alkanes of at least 4 members (excludes halogenated alkanes) is 17. The fraction of sp³-hybridized carbons (Fsp3) is 0.755. The molecule has 0 aromatic rings. The van der Waals surface area contributed by atoms with Crippen molar-refractivity contribution in [2.75, 3.05) is 13.2 Å². The molecule has 1 aliphatic rings. The van der Waals surface area contributed by atoms with Crippen molar-refractivity contribution in [2.24, 2.45) is 0 Å². The second-order valence-corrected chi connectivity index (χ2v) is 18.2. The first-order chi connectivity index (χ1) is 30.8. The van der Waals surface area contributed by atoms with Crippen LogP contribution in [0.15, 0.2) is 60.8 Å². The van der Waals surface area contributed by atoms with Crippen LogP contribution in [0.5, 0.6) is 0 Å². The molecule has 7 N–H and O–H groups in total. The van der Waals surface area contributed by atoms with E-state index in [0.29, 0.717) is 32.1 Å². The summed E-state index contributed by atoms with van der Waals surface area (Å²) in [7, 11) is -5.15. The van der Waals surface area contributed by atoms with Gasteiger partial charge in [-0.3, -0.25) is 18.6 Å². The molecule has 1 fully saturated rings. The Labute approximate surface area is 384 Å². The number of hydrogen-bond donors (Lipinski definition) is 7. The van der Waals surface area contributed by atoms with Crippen LogP contribution >= 0.6 is 7.82 Å². The van der Waals surface area contributed by atoms with Gasteiger partial charge in [-0.1, -0.05) is 152 Å². The summed E-state index contributed by atoms with van der Waals surface area (Å²) in [6.45, 7) is 3.15. The lowest BCUT2D eigenvalue weighted by Gasteiger charge is -2.41. The highest BCUT2D eigenvalue weighted by molar-refractivity contribution is 7.47. The van der Waals surface area contributed by atoms with Crippen LogP contribution < -0.4 is 0 Å². The van der Waals surface area contributed by atoms with Crippen LogP contribution in [-0.2, 0) is 32.7 Å². The second-order valence-electron chi connectivity index (χ2n) is 16.8. The highest BCUT2D eigenvalue weighted by Gasteiger charge is 2.51. The second kappa shape index (κ2) is 38.6. The molecular formula is C49H85O14P. The van der Waals surface area contributed by atoms with Crippen molar-refractivity contribution >= 4 is 19.8 Å². The minimum absolute atomic E-state index is 0.0159. The number of ether oxygens (including phenoxy) is 2. The van der Waals surface area contributed by atoms with E-state index in [4.69, 9.17) is 18.5 Å². The smallest absolute Gasteiger partial charge is 0.462 e. The average Bonchev–Trinajstić information content (AvgIpc) is 3.27. The van der Waals surface area contributed by atoms with Crippen LogP contribution in [0.2, 0.25) is 0 Å². The average molecular weight is 929 g/mol. The first kappa shape index (κ1) is 59.5. The largest absolute Gasteiger partial charge is 0.472 e. The monoisotopic (exact) mass is 929 g/mol. The van der Waals surface area contributed by atoms with Crippen molar-refractivity contribution in [3.05, 3.63) is 60.8 Å². The first-order valence-corrected chi connectivity index (χ1v) is 25.7. The van der Waals surface area contributed by atoms with Gasteiger partial charge < -0.3 is 45.0 Å². The van der Waals surface area contributed by atoms with Crippen LogP contribution in [-0.4, -0.2) is 110 Å². The zero-order chi connectivity index (χ0) is 47.3. The third kappa shape index (κ3) is 30.7. The number of hydrogen-bond acceptors (Lipinski definition) is 13. The molecule has 1 aliphatic carbocycles. The number of rotatable bonds is 39. The number of aliphatic hydroxyl groups is 6. The maximum atomic E-state index is 12.8. The van der Waals surface area contributed by atoms with Gasteiger partial charge in [0.25, 0.3) is 0 Å². The van der Waals surface area contributed by atoms with Gasteiger partial charge in [0, 0.05) is 12.8 Å². The molecule has 64 heavy (non-hydrogen) atoms. The lowest BCUT2D eigenvalue weighted by Crippen LogP contribution is -2.64. The molecule has 0 heterocycles. The maximum absolute atomic E-state index is 12.8. The molecule has 9 atom stereocenters. The molecule has 0 aromatic heterocycles. The van der Waals surface area contributed by atoms with Gasteiger partial charge in [0.05, 0.1) is 12.7 Å². The third-order valence-corrected chi connectivity index (χ3v) is 11.9. The molecule has 1 saturated carbocycles. The number of aliphatic hydroxyl groups excluding tert-OH is 6. The van der Waals surface area contributed by atoms with Crippen LogP contribution in [0.4, 0.5) is 0 Å². The number of allylic oxidation sites excluding steroid dienone is 8. The minimum atomic E-state index is -5.15. The molecule has 1 rings (SSSR count). The summed E-state index contributed by atoms with van der Waals surface area (Å²) in [6, 6.07) is 0. The summed E-state index contributed by atoms with van der Waals surface area (Å²) in [5.41, 5.74) is 0. The Morgan fingerprint density at radius 3 is 1.69 bits per heavy atom. The fourth-order valence-electron chi connectivity index (χ4n) is 6.94. The molecule has 0 radical (unpaired) electrons. The summed E-state index contributed by atoms with van der Waals surface area (Å²) in [5.74, 6) is -1.21. The molecule has 0 aromatic carbocycles. The van der Waals surface area contributed by atoms with E-state index in [9.17, 15) is 49.7 Å². The van der Waals surface area contributed by atoms with Gasteiger partial charge in [-0.25, -0.2) is 4.57 Å². The normalized spacial score (nSPS) is 22.6. The fourth-order valence-corrected chi connectivity index (χ4v) is 7.91. The number of phosphoric ester groups is 1. The highest BCUT2D eigenvalue weighted by atomic mass is 31.2. The Kier molecular flexibility index (Phi) is 35.9. The molecule has 0 aliphatic heterocycles. The Morgan fingerprint density at radius 2 is 1.05 bits per heavy atom. The summed E-state index contributed by atoms with van der Waals surface area (Å²) < 4.78 is 33.5. The molecule has 15 heteroatoms. The molecule has 14 nitrogen and oxygen atoms in total. The quantitative estimate of drug-likeness (QED) is 0.0101. The summed E-state index contributed by atoms with van der Waals surface area (Å²) >= 11 is 0. The Balaban J connectivity index is 2.51. The summed E-state index contributed by atoms with van der Waals surface area (Å²) in [4.78, 5) is 35.7. The van der Waals surface area contributed by atoms with Crippen LogP contribution in [0.1, 0.15) is 174 Å². The molecule has 0 amide bonds. The SMILES string of the molecule is CCCCC/C=C\C=C/[C@H](O)C/C=C\C/C=C/CCCC(=O)O[C@H](COC(=O)CCCCCCCCC/C=C\CCCCCCCC)COP(=O)(O)OC1[C@H](O)[C@H](O)C(O)[C@H](O)[C@H]1O. The van der Waals surface area contributed by atoms with Crippen molar-refractivity contribution in [2.45, 2.75) is 223 Å². The van der Waals surface area contributed by atoms with E-state index in [2.05, 4.69) is 32.1 Å². The van der Waals surface area contributed by atoms with E-state index in [1.54, 1.807) is 6.08 Å². The topological polar surface area (TPSA) is 230 Å². The van der Waals surface area contributed by atoms with Crippen LogP contribution in [0.25, 0.3) is 0 Å². The van der Waals surface area contributed by atoms with Crippen LogP contribution in [0.3, 0.4) is 0 Å². The van der Waals surface area contributed by atoms with Crippen molar-refractivity contribution in [3.63, 3.8) is 0 Å². The van der Waals surface area contributed by atoms with E-state index in [1.165, 1.54) is 77.0 Å². The lowest BCUT2D eigenvalue weighted by molar-refractivity contribution is -0.220. The molecule has 0 saturated heterocycles. The predicted octanol–water partition coefficient (Wildman–Crippen LogP) is 8.70. The Morgan fingerprint density at radius 1 is 0.562 bits per heavy atom. The molecule has 0 bridgehead atoms. The zero-order valence-electron chi connectivity index (χ0n) is 38.9. The standard InChI is InChI=1S/C49H85O14P/c1-3-5-7-9-11-12-13-14-15-16-17-18-19-20-24-28-32-36-42(51)60-38-41(39-61-64(58,59)63-49-47(56)45(54)44(53)46(55)48(49)57)62-43(52)37-33-29-25-21-23-27-31-35-40(50)34-30-26-22-10-8-6-4-2/h14-15,21-22,25-27,30-31,34,40-41,44-50,53-57H,3-13,16-20,23-24,28-29,32-33,35-39H2,1-2H3,(H,58,59)/b15-14-,25-21+,26-22-,31-27-,34-30-/t40-,41+,44?,45-,46+,47+,48+,49?/m0/s1. The number of carbonyl (C=O) groups is 2. The van der Waals surface area contributed by atoms with E-state index in [1.807, 2.05) is 36.5 Å². The Bertz CT molecular complexity index is 1370. The van der Waals surface area contributed by atoms with E-state index in [-0.39, 0.29) is 12.8 Å². The molecular weight excluding hydrogens is 843 g/mol. The van der Waals surface area contributed by atoms with Crippen molar-refractivity contribution in [1.29, 1.82) is 0 Å². The van der Waals surface area contributed by atoms with Gasteiger partial charge in [0.1, 0.15) is 43.2 Å². The minimum Gasteiger partial charge on any atom is -0.462 e. The van der Waals surface area contributed by atoms with Gasteiger partial charge >= 0.3 is 19.8 Å². The molecule has 0 spiro atoms. The van der Waals surface area contributed by atoms with E-state index < -0.39 is 81.8 Å². The first-order valence-electron chi connectivity index (χ1n) is 24.2. The van der Waals surface area contributed by atoms with Crippen LogP contribution in [0, 0.1) is 0 Å². The summed E-state index contributed by atoms with van der Waals surface area (Å²) in [5, 5.41) is 60.3. The lowest BCUT2D eigenvalue weighted by atomic mass is 9.85. The Hall–Kier alpha value is -2.49.